The minimum absolute atomic E-state index is 0.120. The molecule has 1 rings (SSSR count). The summed E-state index contributed by atoms with van der Waals surface area (Å²) in [7, 11) is 2.01. The lowest BCUT2D eigenvalue weighted by Gasteiger charge is -2.17. The second-order valence-corrected chi connectivity index (χ2v) is 7.70. The van der Waals surface area contributed by atoms with Gasteiger partial charge in [-0.3, -0.25) is 4.68 Å². The highest BCUT2D eigenvalue weighted by Gasteiger charge is 2.21. The standard InChI is InChI=1S/C18H35N3/c1-15(2)11-9-7-8-10-12-19-13-16-14-21(6)20-17(16)18(3,4)5/h14-15,19H,7-13H2,1-6H3. The van der Waals surface area contributed by atoms with Crippen LogP contribution < -0.4 is 5.32 Å². The van der Waals surface area contributed by atoms with Gasteiger partial charge in [-0.25, -0.2) is 0 Å². The molecule has 3 nitrogen and oxygen atoms in total. The van der Waals surface area contributed by atoms with Gasteiger partial charge >= 0.3 is 0 Å². The van der Waals surface area contributed by atoms with Gasteiger partial charge in [0.05, 0.1) is 5.69 Å². The predicted molar refractivity (Wildman–Crippen MR) is 91.5 cm³/mol. The zero-order valence-corrected chi connectivity index (χ0v) is 15.0. The summed E-state index contributed by atoms with van der Waals surface area (Å²) < 4.78 is 1.93. The summed E-state index contributed by atoms with van der Waals surface area (Å²) >= 11 is 0. The molecule has 0 saturated carbocycles. The minimum Gasteiger partial charge on any atom is -0.313 e. The van der Waals surface area contributed by atoms with Crippen LogP contribution in [0.1, 0.15) is 78.0 Å². The molecule has 1 heterocycles. The second kappa shape index (κ2) is 8.57. The second-order valence-electron chi connectivity index (χ2n) is 7.70. The van der Waals surface area contributed by atoms with Crippen molar-refractivity contribution in [3.05, 3.63) is 17.5 Å². The molecule has 1 aromatic heterocycles. The average molecular weight is 293 g/mol. The number of aromatic nitrogens is 2. The van der Waals surface area contributed by atoms with Crippen molar-refractivity contribution < 1.29 is 0 Å². The highest BCUT2D eigenvalue weighted by atomic mass is 15.3. The van der Waals surface area contributed by atoms with E-state index in [4.69, 9.17) is 0 Å². The van der Waals surface area contributed by atoms with Gasteiger partial charge in [0.1, 0.15) is 0 Å². The first-order valence-corrected chi connectivity index (χ1v) is 8.54. The molecule has 0 spiro atoms. The lowest BCUT2D eigenvalue weighted by Crippen LogP contribution is -2.19. The van der Waals surface area contributed by atoms with Gasteiger partial charge < -0.3 is 5.32 Å². The number of hydrogen-bond acceptors (Lipinski definition) is 2. The fraction of sp³-hybridized carbons (Fsp3) is 0.833. The Kier molecular flexibility index (Phi) is 7.44. The fourth-order valence-electron chi connectivity index (χ4n) is 2.68. The molecule has 0 atom stereocenters. The van der Waals surface area contributed by atoms with Crippen LogP contribution in [0.25, 0.3) is 0 Å². The van der Waals surface area contributed by atoms with Crippen molar-refractivity contribution in [2.45, 2.75) is 78.7 Å². The molecule has 0 fully saturated rings. The van der Waals surface area contributed by atoms with Gasteiger partial charge in [0.15, 0.2) is 0 Å². The molecule has 0 aliphatic heterocycles. The number of nitrogens with zero attached hydrogens (tertiary/aromatic N) is 2. The first kappa shape index (κ1) is 18.2. The highest BCUT2D eigenvalue weighted by molar-refractivity contribution is 5.23. The largest absolute Gasteiger partial charge is 0.313 e. The highest BCUT2D eigenvalue weighted by Crippen LogP contribution is 2.23. The van der Waals surface area contributed by atoms with E-state index in [1.807, 2.05) is 11.7 Å². The van der Waals surface area contributed by atoms with Crippen LogP contribution in [-0.4, -0.2) is 16.3 Å². The van der Waals surface area contributed by atoms with E-state index in [0.29, 0.717) is 0 Å². The van der Waals surface area contributed by atoms with Crippen LogP contribution in [0.4, 0.5) is 0 Å². The SMILES string of the molecule is CC(C)CCCCCCNCc1cn(C)nc1C(C)(C)C. The Hall–Kier alpha value is -0.830. The predicted octanol–water partition coefficient (Wildman–Crippen LogP) is 4.41. The van der Waals surface area contributed by atoms with E-state index in [1.54, 1.807) is 0 Å². The van der Waals surface area contributed by atoms with E-state index in [1.165, 1.54) is 43.4 Å². The van der Waals surface area contributed by atoms with Crippen molar-refractivity contribution in [2.75, 3.05) is 6.54 Å². The van der Waals surface area contributed by atoms with Gasteiger partial charge in [0.2, 0.25) is 0 Å². The fourth-order valence-corrected chi connectivity index (χ4v) is 2.68. The smallest absolute Gasteiger partial charge is 0.0722 e. The van der Waals surface area contributed by atoms with Crippen LogP contribution in [0.3, 0.4) is 0 Å². The first-order chi connectivity index (χ1) is 9.80. The van der Waals surface area contributed by atoms with Crippen LogP contribution in [-0.2, 0) is 19.0 Å². The van der Waals surface area contributed by atoms with Gasteiger partial charge in [0.25, 0.3) is 0 Å². The van der Waals surface area contributed by atoms with Crippen molar-refractivity contribution in [3.63, 3.8) is 0 Å². The van der Waals surface area contributed by atoms with Gasteiger partial charge in [-0.05, 0) is 18.9 Å². The Morgan fingerprint density at radius 3 is 2.43 bits per heavy atom. The van der Waals surface area contributed by atoms with Gasteiger partial charge in [-0.1, -0.05) is 60.3 Å². The molecule has 0 unspecified atom stereocenters. The number of rotatable bonds is 9. The Balaban J connectivity index is 2.22. The zero-order chi connectivity index (χ0) is 15.9. The summed E-state index contributed by atoms with van der Waals surface area (Å²) in [5.74, 6) is 0.851. The van der Waals surface area contributed by atoms with Gasteiger partial charge in [0, 0.05) is 30.8 Å². The molecule has 122 valence electrons. The van der Waals surface area contributed by atoms with E-state index in [2.05, 4.69) is 51.2 Å². The Morgan fingerprint density at radius 1 is 1.14 bits per heavy atom. The molecular formula is C18H35N3. The molecule has 3 heteroatoms. The third-order valence-corrected chi connectivity index (χ3v) is 3.82. The summed E-state index contributed by atoms with van der Waals surface area (Å²) in [4.78, 5) is 0. The molecule has 0 aromatic carbocycles. The number of aryl methyl sites for hydroxylation is 1. The Bertz CT molecular complexity index is 399. The monoisotopic (exact) mass is 293 g/mol. The molecule has 21 heavy (non-hydrogen) atoms. The number of hydrogen-bond donors (Lipinski definition) is 1. The summed E-state index contributed by atoms with van der Waals surface area (Å²) in [6.07, 6.45) is 8.91. The number of nitrogens with one attached hydrogen (secondary N) is 1. The molecule has 0 amide bonds. The van der Waals surface area contributed by atoms with Crippen molar-refractivity contribution in [1.29, 1.82) is 0 Å². The van der Waals surface area contributed by atoms with Crippen molar-refractivity contribution in [1.82, 2.24) is 15.1 Å². The molecule has 0 bridgehead atoms. The molecule has 0 radical (unpaired) electrons. The lowest BCUT2D eigenvalue weighted by molar-refractivity contribution is 0.510. The maximum absolute atomic E-state index is 4.61. The van der Waals surface area contributed by atoms with Gasteiger partial charge in [-0.2, -0.15) is 5.10 Å². The lowest BCUT2D eigenvalue weighted by atomic mass is 9.89. The summed E-state index contributed by atoms with van der Waals surface area (Å²) in [6, 6.07) is 0. The molecule has 0 aliphatic carbocycles. The van der Waals surface area contributed by atoms with Crippen LogP contribution in [0.2, 0.25) is 0 Å². The van der Waals surface area contributed by atoms with Gasteiger partial charge in [-0.15, -0.1) is 0 Å². The molecule has 1 aromatic rings. The van der Waals surface area contributed by atoms with Crippen LogP contribution in [0.15, 0.2) is 6.20 Å². The molecule has 0 aliphatic rings. The Labute approximate surface area is 131 Å². The zero-order valence-electron chi connectivity index (χ0n) is 15.0. The van der Waals surface area contributed by atoms with E-state index < -0.39 is 0 Å². The molecular weight excluding hydrogens is 258 g/mol. The average Bonchev–Trinajstić information content (AvgIpc) is 2.73. The van der Waals surface area contributed by atoms with Crippen LogP contribution >= 0.6 is 0 Å². The first-order valence-electron chi connectivity index (χ1n) is 8.54. The van der Waals surface area contributed by atoms with Crippen LogP contribution in [0, 0.1) is 5.92 Å². The van der Waals surface area contributed by atoms with Crippen LogP contribution in [0.5, 0.6) is 0 Å². The van der Waals surface area contributed by atoms with E-state index >= 15 is 0 Å². The van der Waals surface area contributed by atoms with E-state index in [0.717, 1.165) is 19.0 Å². The Morgan fingerprint density at radius 2 is 1.81 bits per heavy atom. The topological polar surface area (TPSA) is 29.9 Å². The third kappa shape index (κ3) is 7.12. The van der Waals surface area contributed by atoms with Crippen molar-refractivity contribution >= 4 is 0 Å². The number of unbranched alkanes of at least 4 members (excludes halogenated alkanes) is 3. The van der Waals surface area contributed by atoms with Crippen molar-refractivity contribution in [3.8, 4) is 0 Å². The third-order valence-electron chi connectivity index (χ3n) is 3.82. The maximum Gasteiger partial charge on any atom is 0.0722 e. The summed E-state index contributed by atoms with van der Waals surface area (Å²) in [5.41, 5.74) is 2.68. The van der Waals surface area contributed by atoms with Crippen molar-refractivity contribution in [2.24, 2.45) is 13.0 Å². The van der Waals surface area contributed by atoms with E-state index in [-0.39, 0.29) is 5.41 Å². The summed E-state index contributed by atoms with van der Waals surface area (Å²) in [6.45, 7) is 13.4. The van der Waals surface area contributed by atoms with E-state index in [9.17, 15) is 0 Å². The normalized spacial score (nSPS) is 12.3. The minimum atomic E-state index is 0.120. The molecule has 1 N–H and O–H groups in total. The maximum atomic E-state index is 4.61. The molecule has 0 saturated heterocycles. The summed E-state index contributed by atoms with van der Waals surface area (Å²) in [5, 5.41) is 8.19. The quantitative estimate of drug-likeness (QED) is 0.683.